The molecule has 7 heterocycles. The van der Waals surface area contributed by atoms with Crippen LogP contribution in [0.2, 0.25) is 0 Å². The Morgan fingerprint density at radius 2 is 1.57 bits per heavy atom. The number of likely N-dealkylation sites (N-methyl/N-ethyl adjacent to an activating group) is 1. The summed E-state index contributed by atoms with van der Waals surface area (Å²) in [6, 6.07) is 20.1. The van der Waals surface area contributed by atoms with E-state index in [4.69, 9.17) is 30.0 Å². The first-order valence-corrected chi connectivity index (χ1v) is 28.9. The van der Waals surface area contributed by atoms with E-state index in [9.17, 15) is 0 Å². The fourth-order valence-corrected chi connectivity index (χ4v) is 12.2. The molecule has 76 heavy (non-hydrogen) atoms. The molecule has 12 heteroatoms. The Labute approximate surface area is 454 Å². The lowest BCUT2D eigenvalue weighted by atomic mass is 9.95. The van der Waals surface area contributed by atoms with E-state index in [0.717, 1.165) is 168 Å². The largest absolute Gasteiger partial charge is 0.374 e. The number of unbranched alkanes of at least 4 members (excludes halogenated alkanes) is 1. The number of nitrogens with zero attached hydrogens (tertiary/aromatic N) is 10. The van der Waals surface area contributed by atoms with Gasteiger partial charge in [-0.15, -0.1) is 0 Å². The average Bonchev–Trinajstić information content (AvgIpc) is 3.76. The van der Waals surface area contributed by atoms with Gasteiger partial charge in [0, 0.05) is 127 Å². The minimum Gasteiger partial charge on any atom is -0.374 e. The molecule has 7 aliphatic heterocycles. The van der Waals surface area contributed by atoms with Gasteiger partial charge in [-0.3, -0.25) is 9.98 Å². The van der Waals surface area contributed by atoms with Crippen LogP contribution in [0.25, 0.3) is 11.5 Å². The van der Waals surface area contributed by atoms with Crippen molar-refractivity contribution in [1.29, 1.82) is 0 Å². The van der Waals surface area contributed by atoms with Crippen LogP contribution < -0.4 is 35.8 Å². The van der Waals surface area contributed by atoms with Crippen LogP contribution in [0.3, 0.4) is 0 Å². The number of rotatable bonds is 15. The summed E-state index contributed by atoms with van der Waals surface area (Å²) in [5.41, 5.74) is 12.5. The van der Waals surface area contributed by atoms with Crippen molar-refractivity contribution in [1.82, 2.24) is 15.5 Å². The van der Waals surface area contributed by atoms with Crippen molar-refractivity contribution < 1.29 is 0 Å². The number of hydrogen-bond donors (Lipinski definition) is 2. The van der Waals surface area contributed by atoms with Gasteiger partial charge in [-0.2, -0.15) is 0 Å². The number of fused-ring (bicyclic) bond motifs is 1. The normalized spacial score (nSPS) is 20.9. The fourth-order valence-electron chi connectivity index (χ4n) is 12.2. The third kappa shape index (κ3) is 11.7. The van der Waals surface area contributed by atoms with Gasteiger partial charge in [-0.05, 0) is 100 Å². The van der Waals surface area contributed by atoms with E-state index in [1.807, 2.05) is 13.3 Å². The van der Waals surface area contributed by atoms with E-state index in [1.165, 1.54) is 18.5 Å². The van der Waals surface area contributed by atoms with Gasteiger partial charge in [0.05, 0.1) is 30.1 Å². The summed E-state index contributed by atoms with van der Waals surface area (Å²) in [6.45, 7) is 28.1. The van der Waals surface area contributed by atoms with Crippen LogP contribution in [0, 0.1) is 23.7 Å². The molecule has 12 nitrogen and oxygen atoms in total. The lowest BCUT2D eigenvalue weighted by molar-refractivity contribution is 0.339. The average molecular weight is 1020 g/mol. The van der Waals surface area contributed by atoms with Crippen molar-refractivity contribution in [2.75, 3.05) is 87.7 Å². The maximum Gasteiger partial charge on any atom is 0.166 e. The minimum atomic E-state index is 0.391. The number of aliphatic imine (C=N–C) groups is 6. The minimum absolute atomic E-state index is 0.391. The molecule has 2 saturated heterocycles. The van der Waals surface area contributed by atoms with Crippen molar-refractivity contribution in [2.24, 2.45) is 53.6 Å². The van der Waals surface area contributed by atoms with Crippen LogP contribution in [0.5, 0.6) is 0 Å². The summed E-state index contributed by atoms with van der Waals surface area (Å²) >= 11 is 0. The molecule has 6 bridgehead atoms. The molecule has 0 radical (unpaired) electrons. The molecule has 0 saturated carbocycles. The maximum atomic E-state index is 5.80. The first-order chi connectivity index (χ1) is 36.9. The molecule has 0 amide bonds. The molecule has 10 rings (SSSR count). The number of nitrogens with one attached hydrogen (secondary N) is 2. The lowest BCUT2D eigenvalue weighted by Gasteiger charge is -2.34. The molecule has 7 aliphatic rings. The standard InChI is InChI=1S/C64H86N12/c1-12-15-28-54(73(11)39-43(6)22-14-3)57-46(9)60-66-35-50-47(25-17-29-53(50)75-33-20-23-44(7)40-75)61(65-10)71-63-59-48(26-18-31-56(59)74(32-16-13-2)38-42(4)5)51(36-68-63)69-52-37-67-62(72-64(57)70-60)49-27-19-30-55(58(49)52)76-34-21-24-45(8)41-76/h12,15,17-19,25-31,35,42-45,67H,13-14,16,20-24,32-34,36-41H2,1-11H3,(H,65,68,71)/b15-12-,54-28+,66-35?,69-51?,72-64-. The van der Waals surface area contributed by atoms with Crippen LogP contribution in [0.1, 0.15) is 136 Å². The summed E-state index contributed by atoms with van der Waals surface area (Å²) in [6.07, 6.45) is 17.7. The summed E-state index contributed by atoms with van der Waals surface area (Å²) in [4.78, 5) is 43.6. The Balaban J connectivity index is 1.38. The number of anilines is 3. The highest BCUT2D eigenvalue weighted by Gasteiger charge is 2.32. The van der Waals surface area contributed by atoms with Gasteiger partial charge in [0.1, 0.15) is 11.7 Å². The predicted octanol–water partition coefficient (Wildman–Crippen LogP) is 10.5. The zero-order valence-electron chi connectivity index (χ0n) is 47.8. The summed E-state index contributed by atoms with van der Waals surface area (Å²) in [5, 5.41) is 9.59. The van der Waals surface area contributed by atoms with Crippen LogP contribution >= 0.6 is 0 Å². The van der Waals surface area contributed by atoms with Crippen LogP contribution in [-0.2, 0) is 0 Å². The van der Waals surface area contributed by atoms with Crippen molar-refractivity contribution >= 4 is 63.8 Å². The van der Waals surface area contributed by atoms with E-state index in [-0.39, 0.29) is 0 Å². The maximum absolute atomic E-state index is 5.80. The Hall–Kier alpha value is -6.56. The first kappa shape index (κ1) is 54.2. The van der Waals surface area contributed by atoms with Crippen molar-refractivity contribution in [2.45, 2.75) is 114 Å². The zero-order valence-corrected chi connectivity index (χ0v) is 47.8. The molecule has 402 valence electrons. The van der Waals surface area contributed by atoms with E-state index in [2.05, 4.69) is 172 Å². The number of piperidine rings is 2. The number of allylic oxidation sites excluding steroid dienone is 3. The quantitative estimate of drug-likeness (QED) is 0.147. The van der Waals surface area contributed by atoms with Gasteiger partial charge in [-0.1, -0.05) is 110 Å². The Morgan fingerprint density at radius 1 is 0.842 bits per heavy atom. The third-order valence-electron chi connectivity index (χ3n) is 15.9. The van der Waals surface area contributed by atoms with Gasteiger partial charge in [-0.25, -0.2) is 20.0 Å². The van der Waals surface area contributed by atoms with Crippen molar-refractivity contribution in [3.63, 3.8) is 0 Å². The molecule has 3 atom stereocenters. The topological polar surface area (TPSA) is 111 Å². The molecule has 0 aliphatic carbocycles. The van der Waals surface area contributed by atoms with Crippen molar-refractivity contribution in [3.8, 4) is 0 Å². The zero-order chi connectivity index (χ0) is 53.5. The van der Waals surface area contributed by atoms with Crippen molar-refractivity contribution in [3.05, 3.63) is 122 Å². The van der Waals surface area contributed by atoms with Gasteiger partial charge < -0.3 is 30.2 Å². The molecule has 2 N–H and O–H groups in total. The van der Waals surface area contributed by atoms with Gasteiger partial charge in [0.2, 0.25) is 0 Å². The van der Waals surface area contributed by atoms with Gasteiger partial charge >= 0.3 is 0 Å². The molecular weight excluding hydrogens is 937 g/mol. The summed E-state index contributed by atoms with van der Waals surface area (Å²) in [7, 11) is 4.20. The van der Waals surface area contributed by atoms with E-state index in [1.54, 1.807) is 0 Å². The fraction of sp³-hybridized carbons (Fsp3) is 0.500. The number of amidine groups is 4. The second kappa shape index (κ2) is 24.6. The number of benzene rings is 3. The second-order valence-electron chi connectivity index (χ2n) is 22.8. The smallest absolute Gasteiger partial charge is 0.166 e. The molecule has 3 aromatic rings. The molecule has 3 unspecified atom stereocenters. The van der Waals surface area contributed by atoms with E-state index < -0.39 is 0 Å². The second-order valence-corrected chi connectivity index (χ2v) is 22.8. The summed E-state index contributed by atoms with van der Waals surface area (Å²) in [5.74, 6) is 5.64. The highest BCUT2D eigenvalue weighted by Crippen LogP contribution is 2.34. The van der Waals surface area contributed by atoms with Gasteiger partial charge in [0.15, 0.2) is 17.5 Å². The molecule has 2 fully saturated rings. The summed E-state index contributed by atoms with van der Waals surface area (Å²) < 4.78 is 0. The highest BCUT2D eigenvalue weighted by atomic mass is 15.2. The predicted molar refractivity (Wildman–Crippen MR) is 325 cm³/mol. The van der Waals surface area contributed by atoms with E-state index >= 15 is 0 Å². The van der Waals surface area contributed by atoms with Crippen LogP contribution in [-0.4, -0.2) is 113 Å². The third-order valence-corrected chi connectivity index (χ3v) is 15.9. The first-order valence-electron chi connectivity index (χ1n) is 28.9. The molecular formula is C64H86N12. The van der Waals surface area contributed by atoms with Gasteiger partial charge in [0.25, 0.3) is 0 Å². The highest BCUT2D eigenvalue weighted by molar-refractivity contribution is 6.26. The molecule has 0 aromatic heterocycles. The molecule has 0 spiro atoms. The van der Waals surface area contributed by atoms with Crippen LogP contribution in [0.15, 0.2) is 120 Å². The SMILES string of the molecule is C/C=C\C=C(/C1=C(C)C2=N/C1=N\C1=c3cccc(N4CCCC(C)C4)c3=C(CN1)N=C1CN=C(N=C(NC)c3cccc(N4CCCC(C)C4)c3C=N2)c2c1cccc2N(CCCC)CC(C)C)N(C)CC(C)CCC. The lowest BCUT2D eigenvalue weighted by Crippen LogP contribution is -2.46. The van der Waals surface area contributed by atoms with E-state index in [0.29, 0.717) is 54.3 Å². The Kier molecular flexibility index (Phi) is 17.6. The Bertz CT molecular complexity index is 3050. The molecule has 3 aromatic carbocycles. The van der Waals surface area contributed by atoms with Crippen LogP contribution in [0.4, 0.5) is 17.1 Å². The monoisotopic (exact) mass is 1020 g/mol. The Morgan fingerprint density at radius 3 is 2.28 bits per heavy atom. The number of hydrogen-bond acceptors (Lipinski definition) is 12.